The molecule has 7 heteroatoms. The van der Waals surface area contributed by atoms with Gasteiger partial charge in [-0.3, -0.25) is 9.36 Å². The molecule has 0 radical (unpaired) electrons. The van der Waals surface area contributed by atoms with Gasteiger partial charge in [-0.15, -0.1) is 11.3 Å². The van der Waals surface area contributed by atoms with Crippen molar-refractivity contribution in [3.63, 3.8) is 0 Å². The summed E-state index contributed by atoms with van der Waals surface area (Å²) in [6.07, 6.45) is 4.17. The number of nitriles is 1. The third-order valence-electron chi connectivity index (χ3n) is 4.43. The lowest BCUT2D eigenvalue weighted by molar-refractivity contribution is -0.130. The Morgan fingerprint density at radius 3 is 2.50 bits per heavy atom. The van der Waals surface area contributed by atoms with Crippen LogP contribution in [0.15, 0.2) is 29.1 Å². The fraction of sp³-hybridized carbons (Fsp3) is 0.316. The van der Waals surface area contributed by atoms with Crippen molar-refractivity contribution in [3.05, 3.63) is 49.4 Å². The van der Waals surface area contributed by atoms with Gasteiger partial charge in [-0.2, -0.15) is 5.26 Å². The van der Waals surface area contributed by atoms with Gasteiger partial charge < -0.3 is 10.0 Å². The number of carboxylic acid groups (broad SMARTS) is 1. The number of hydrogen-bond acceptors (Lipinski definition) is 5. The summed E-state index contributed by atoms with van der Waals surface area (Å²) < 4.78 is 1.94. The van der Waals surface area contributed by atoms with Crippen molar-refractivity contribution in [1.29, 1.82) is 5.26 Å². The fourth-order valence-electron chi connectivity index (χ4n) is 3.09. The molecule has 0 aliphatic carbocycles. The lowest BCUT2D eigenvalue weighted by atomic mass is 10.2. The van der Waals surface area contributed by atoms with E-state index in [4.69, 9.17) is 5.26 Å². The van der Waals surface area contributed by atoms with Crippen molar-refractivity contribution in [2.45, 2.75) is 26.3 Å². The van der Waals surface area contributed by atoms with Gasteiger partial charge in [0.1, 0.15) is 10.7 Å². The van der Waals surface area contributed by atoms with Crippen LogP contribution in [0.5, 0.6) is 0 Å². The van der Waals surface area contributed by atoms with Crippen molar-refractivity contribution in [1.82, 2.24) is 4.57 Å². The van der Waals surface area contributed by atoms with Crippen molar-refractivity contribution in [3.8, 4) is 6.07 Å². The first-order chi connectivity index (χ1) is 12.5. The Bertz CT molecular complexity index is 1040. The number of rotatable bonds is 4. The van der Waals surface area contributed by atoms with Gasteiger partial charge >= 0.3 is 5.97 Å². The number of aliphatic carboxylic acids is 1. The van der Waals surface area contributed by atoms with Gasteiger partial charge in [0, 0.05) is 25.3 Å². The Morgan fingerprint density at radius 1 is 1.31 bits per heavy atom. The van der Waals surface area contributed by atoms with E-state index >= 15 is 0 Å². The fourth-order valence-corrected chi connectivity index (χ4v) is 4.25. The summed E-state index contributed by atoms with van der Waals surface area (Å²) >= 11 is 1.04. The highest BCUT2D eigenvalue weighted by molar-refractivity contribution is 7.07. The monoisotopic (exact) mass is 369 g/mol. The molecule has 26 heavy (non-hydrogen) atoms. The van der Waals surface area contributed by atoms with E-state index in [1.165, 1.54) is 23.1 Å². The molecule has 0 spiro atoms. The minimum atomic E-state index is -1.32. The third-order valence-corrected chi connectivity index (χ3v) is 5.56. The summed E-state index contributed by atoms with van der Waals surface area (Å²) in [5.41, 5.74) is 1.36. The summed E-state index contributed by atoms with van der Waals surface area (Å²) in [4.78, 5) is 26.2. The van der Waals surface area contributed by atoms with Crippen LogP contribution in [0.25, 0.3) is 11.6 Å². The van der Waals surface area contributed by atoms with Crippen LogP contribution in [-0.2, 0) is 11.3 Å². The molecule has 1 saturated heterocycles. The molecule has 0 unspecified atom stereocenters. The molecule has 0 saturated carbocycles. The first-order valence-corrected chi connectivity index (χ1v) is 9.31. The maximum atomic E-state index is 12.6. The zero-order chi connectivity index (χ0) is 18.7. The summed E-state index contributed by atoms with van der Waals surface area (Å²) in [5.74, 6) is -1.32. The highest BCUT2D eigenvalue weighted by Crippen LogP contribution is 2.20. The molecule has 134 valence electrons. The highest BCUT2D eigenvalue weighted by atomic mass is 32.1. The van der Waals surface area contributed by atoms with Gasteiger partial charge in [-0.1, -0.05) is 12.1 Å². The number of thiazole rings is 1. The van der Waals surface area contributed by atoms with Gasteiger partial charge in [-0.25, -0.2) is 4.79 Å². The topological polar surface area (TPSA) is 86.3 Å². The quantitative estimate of drug-likeness (QED) is 0.873. The van der Waals surface area contributed by atoms with Crippen molar-refractivity contribution < 1.29 is 9.90 Å². The second-order valence-electron chi connectivity index (χ2n) is 6.04. The van der Waals surface area contributed by atoms with Gasteiger partial charge in [0.25, 0.3) is 5.56 Å². The van der Waals surface area contributed by atoms with E-state index in [9.17, 15) is 14.7 Å². The minimum Gasteiger partial charge on any atom is -0.477 e. The zero-order valence-corrected chi connectivity index (χ0v) is 15.3. The van der Waals surface area contributed by atoms with Crippen LogP contribution in [0.2, 0.25) is 0 Å². The standard InChI is InChI=1S/C19H19N3O3S/c1-2-22-17(23)16(26-18(22)15(12-20)19(24)25)11-13-5-7-14(8-6-13)21-9-3-4-10-21/h5-8,11H,2-4,9-10H2,1H3,(H,24,25)/b16-11-,18-15-. The molecule has 0 bridgehead atoms. The van der Waals surface area contributed by atoms with E-state index in [0.717, 1.165) is 30.0 Å². The van der Waals surface area contributed by atoms with Gasteiger partial charge in [0.05, 0.1) is 4.53 Å². The van der Waals surface area contributed by atoms with Crippen LogP contribution < -0.4 is 19.7 Å². The maximum Gasteiger partial charge on any atom is 0.349 e. The predicted molar refractivity (Wildman–Crippen MR) is 102 cm³/mol. The number of benzene rings is 1. The number of carbonyl (C=O) groups is 1. The van der Waals surface area contributed by atoms with E-state index in [1.807, 2.05) is 24.3 Å². The van der Waals surface area contributed by atoms with Crippen LogP contribution >= 0.6 is 11.3 Å². The molecule has 2 aromatic rings. The number of nitrogens with zero attached hydrogens (tertiary/aromatic N) is 3. The summed E-state index contributed by atoms with van der Waals surface area (Å²) in [6, 6.07) is 9.66. The predicted octanol–water partition coefficient (Wildman–Crippen LogP) is 1.12. The van der Waals surface area contributed by atoms with Crippen LogP contribution in [0.4, 0.5) is 5.69 Å². The van der Waals surface area contributed by atoms with E-state index in [2.05, 4.69) is 4.90 Å². The van der Waals surface area contributed by atoms with Crippen LogP contribution in [0.3, 0.4) is 0 Å². The Balaban J connectivity index is 2.07. The SMILES string of the molecule is CCn1c(=O)/c(=C/c2ccc(N3CCCC3)cc2)s/c1=C(/C#N)C(=O)O. The minimum absolute atomic E-state index is 0.187. The number of hydrogen-bond donors (Lipinski definition) is 1. The molecular weight excluding hydrogens is 350 g/mol. The Hall–Kier alpha value is -2.85. The van der Waals surface area contributed by atoms with E-state index in [-0.39, 0.29) is 10.2 Å². The average molecular weight is 369 g/mol. The smallest absolute Gasteiger partial charge is 0.349 e. The van der Waals surface area contributed by atoms with E-state index < -0.39 is 11.5 Å². The highest BCUT2D eigenvalue weighted by Gasteiger charge is 2.14. The molecule has 1 fully saturated rings. The molecule has 2 heterocycles. The molecule has 0 atom stereocenters. The van der Waals surface area contributed by atoms with E-state index in [1.54, 1.807) is 19.1 Å². The number of aromatic nitrogens is 1. The second-order valence-corrected chi connectivity index (χ2v) is 7.07. The molecule has 1 aliphatic rings. The van der Waals surface area contributed by atoms with Crippen molar-refractivity contribution in [2.24, 2.45) is 0 Å². The van der Waals surface area contributed by atoms with Gasteiger partial charge in [0.15, 0.2) is 5.57 Å². The Kier molecular flexibility index (Phi) is 5.24. The first-order valence-electron chi connectivity index (χ1n) is 8.49. The lowest BCUT2D eigenvalue weighted by Gasteiger charge is -2.17. The molecule has 1 aromatic heterocycles. The molecule has 6 nitrogen and oxygen atoms in total. The summed E-state index contributed by atoms with van der Waals surface area (Å²) in [6.45, 7) is 4.20. The Morgan fingerprint density at radius 2 is 1.96 bits per heavy atom. The van der Waals surface area contributed by atoms with Gasteiger partial charge in [0.2, 0.25) is 0 Å². The second kappa shape index (κ2) is 7.58. The van der Waals surface area contributed by atoms with Crippen molar-refractivity contribution in [2.75, 3.05) is 18.0 Å². The van der Waals surface area contributed by atoms with Crippen LogP contribution in [0.1, 0.15) is 25.3 Å². The summed E-state index contributed by atoms with van der Waals surface area (Å²) in [7, 11) is 0. The summed E-state index contributed by atoms with van der Waals surface area (Å²) in [5, 5.41) is 18.3. The van der Waals surface area contributed by atoms with Gasteiger partial charge in [-0.05, 0) is 43.5 Å². The number of carboxylic acids is 1. The van der Waals surface area contributed by atoms with Crippen molar-refractivity contribution >= 4 is 34.6 Å². The lowest BCUT2D eigenvalue weighted by Crippen LogP contribution is -2.32. The Labute approximate surface area is 154 Å². The first kappa shape index (κ1) is 18.0. The molecule has 1 aromatic carbocycles. The third kappa shape index (κ3) is 3.41. The van der Waals surface area contributed by atoms with Crippen LogP contribution in [0, 0.1) is 11.3 Å². The zero-order valence-electron chi connectivity index (χ0n) is 14.4. The average Bonchev–Trinajstić information content (AvgIpc) is 3.25. The molecule has 1 N–H and O–H groups in total. The normalized spacial score (nSPS) is 15.8. The largest absolute Gasteiger partial charge is 0.477 e. The van der Waals surface area contributed by atoms with E-state index in [0.29, 0.717) is 11.1 Å². The molecular formula is C19H19N3O3S. The maximum absolute atomic E-state index is 12.6. The number of anilines is 1. The van der Waals surface area contributed by atoms with Crippen LogP contribution in [-0.4, -0.2) is 28.7 Å². The molecule has 3 rings (SSSR count). The molecule has 1 aliphatic heterocycles. The molecule has 0 amide bonds.